The summed E-state index contributed by atoms with van der Waals surface area (Å²) < 4.78 is 10.9. The lowest BCUT2D eigenvalue weighted by atomic mass is 9.99. The highest BCUT2D eigenvalue weighted by atomic mass is 16.5. The molecule has 0 amide bonds. The highest BCUT2D eigenvalue weighted by Crippen LogP contribution is 2.33. The van der Waals surface area contributed by atoms with Gasteiger partial charge in [-0.05, 0) is 47.4 Å². The summed E-state index contributed by atoms with van der Waals surface area (Å²) in [5, 5.41) is 0. The molecule has 4 rings (SSSR count). The van der Waals surface area contributed by atoms with Crippen molar-refractivity contribution in [3.8, 4) is 22.6 Å². The van der Waals surface area contributed by atoms with Crippen LogP contribution in [0.25, 0.3) is 11.1 Å². The fourth-order valence-electron chi connectivity index (χ4n) is 3.71. The van der Waals surface area contributed by atoms with Crippen LogP contribution in [-0.4, -0.2) is 30.6 Å². The van der Waals surface area contributed by atoms with Crippen molar-refractivity contribution in [3.63, 3.8) is 0 Å². The predicted molar refractivity (Wildman–Crippen MR) is 107 cm³/mol. The average Bonchev–Trinajstić information content (AvgIpc) is 2.73. The number of nitrogens with zero attached hydrogens (tertiary/aromatic N) is 2. The fraction of sp³-hybridized carbons (Fsp3) is 0.261. The molecule has 4 heteroatoms. The van der Waals surface area contributed by atoms with E-state index in [-0.39, 0.29) is 0 Å². The van der Waals surface area contributed by atoms with Crippen LogP contribution in [-0.2, 0) is 19.5 Å². The zero-order valence-corrected chi connectivity index (χ0v) is 15.8. The Morgan fingerprint density at radius 2 is 1.81 bits per heavy atom. The molecule has 0 spiro atoms. The lowest BCUT2D eigenvalue weighted by Crippen LogP contribution is -2.30. The Hall–Kier alpha value is -2.85. The van der Waals surface area contributed by atoms with Gasteiger partial charge in [0.1, 0.15) is 11.5 Å². The first-order chi connectivity index (χ1) is 13.3. The molecule has 2 heterocycles. The van der Waals surface area contributed by atoms with E-state index in [0.717, 1.165) is 48.7 Å². The van der Waals surface area contributed by atoms with Gasteiger partial charge in [0.2, 0.25) is 0 Å². The molecule has 0 radical (unpaired) electrons. The maximum atomic E-state index is 5.53. The molecular formula is C23H24N2O2. The fourth-order valence-corrected chi connectivity index (χ4v) is 3.71. The van der Waals surface area contributed by atoms with Crippen LogP contribution in [0.4, 0.5) is 0 Å². The highest BCUT2D eigenvalue weighted by molar-refractivity contribution is 5.71. The Morgan fingerprint density at radius 3 is 2.63 bits per heavy atom. The third-order valence-corrected chi connectivity index (χ3v) is 5.13. The summed E-state index contributed by atoms with van der Waals surface area (Å²) in [5.41, 5.74) is 6.15. The van der Waals surface area contributed by atoms with Crippen LogP contribution in [0.3, 0.4) is 0 Å². The van der Waals surface area contributed by atoms with Gasteiger partial charge in [0.05, 0.1) is 14.2 Å². The summed E-state index contributed by atoms with van der Waals surface area (Å²) in [6, 6.07) is 16.8. The van der Waals surface area contributed by atoms with Crippen molar-refractivity contribution >= 4 is 0 Å². The van der Waals surface area contributed by atoms with Gasteiger partial charge >= 0.3 is 0 Å². The van der Waals surface area contributed by atoms with Crippen LogP contribution >= 0.6 is 0 Å². The minimum Gasteiger partial charge on any atom is -0.497 e. The van der Waals surface area contributed by atoms with E-state index in [1.165, 1.54) is 16.7 Å². The van der Waals surface area contributed by atoms with Crippen LogP contribution in [0.15, 0.2) is 60.9 Å². The third-order valence-electron chi connectivity index (χ3n) is 5.13. The first kappa shape index (κ1) is 17.6. The monoisotopic (exact) mass is 360 g/mol. The zero-order valence-electron chi connectivity index (χ0n) is 15.8. The SMILES string of the molecule is COc1ccc(OC)c(-c2cncc(CN3CCc4ccccc4C3)c2)c1. The van der Waals surface area contributed by atoms with E-state index in [2.05, 4.69) is 40.2 Å². The lowest BCUT2D eigenvalue weighted by molar-refractivity contribution is 0.245. The quantitative estimate of drug-likeness (QED) is 0.678. The topological polar surface area (TPSA) is 34.6 Å². The molecule has 0 atom stereocenters. The number of fused-ring (bicyclic) bond motifs is 1. The van der Waals surface area contributed by atoms with Crippen LogP contribution in [0.5, 0.6) is 11.5 Å². The van der Waals surface area contributed by atoms with Crippen molar-refractivity contribution in [1.29, 1.82) is 0 Å². The molecule has 0 unspecified atom stereocenters. The molecular weight excluding hydrogens is 336 g/mol. The van der Waals surface area contributed by atoms with E-state index in [4.69, 9.17) is 9.47 Å². The smallest absolute Gasteiger partial charge is 0.127 e. The third kappa shape index (κ3) is 3.81. The number of hydrogen-bond donors (Lipinski definition) is 0. The van der Waals surface area contributed by atoms with Crippen molar-refractivity contribution in [3.05, 3.63) is 77.6 Å². The highest BCUT2D eigenvalue weighted by Gasteiger charge is 2.16. The second-order valence-corrected chi connectivity index (χ2v) is 6.88. The zero-order chi connectivity index (χ0) is 18.6. The normalized spacial score (nSPS) is 13.9. The molecule has 0 aliphatic carbocycles. The maximum absolute atomic E-state index is 5.53. The first-order valence-corrected chi connectivity index (χ1v) is 9.22. The minimum atomic E-state index is 0.809. The minimum absolute atomic E-state index is 0.809. The standard InChI is InChI=1S/C23H24N2O2/c1-26-21-7-8-23(27-2)22(12-21)20-11-17(13-24-14-20)15-25-10-9-18-5-3-4-6-19(18)16-25/h3-8,11-14H,9-10,15-16H2,1-2H3. The molecule has 3 aromatic rings. The van der Waals surface area contributed by atoms with Gasteiger partial charge in [0.25, 0.3) is 0 Å². The van der Waals surface area contributed by atoms with Crippen molar-refractivity contribution in [2.75, 3.05) is 20.8 Å². The summed E-state index contributed by atoms with van der Waals surface area (Å²) in [4.78, 5) is 6.96. The van der Waals surface area contributed by atoms with Gasteiger partial charge < -0.3 is 9.47 Å². The number of ether oxygens (including phenoxy) is 2. The number of pyridine rings is 1. The molecule has 0 saturated carbocycles. The largest absolute Gasteiger partial charge is 0.497 e. The second-order valence-electron chi connectivity index (χ2n) is 6.88. The van der Waals surface area contributed by atoms with Gasteiger partial charge in [-0.15, -0.1) is 0 Å². The summed E-state index contributed by atoms with van der Waals surface area (Å²) in [6.45, 7) is 2.95. The van der Waals surface area contributed by atoms with E-state index in [0.29, 0.717) is 0 Å². The van der Waals surface area contributed by atoms with Crippen molar-refractivity contribution in [1.82, 2.24) is 9.88 Å². The van der Waals surface area contributed by atoms with Crippen LogP contribution in [0.2, 0.25) is 0 Å². The first-order valence-electron chi connectivity index (χ1n) is 9.22. The Balaban J connectivity index is 1.57. The molecule has 0 fully saturated rings. The van der Waals surface area contributed by atoms with Crippen LogP contribution in [0.1, 0.15) is 16.7 Å². The van der Waals surface area contributed by atoms with Crippen molar-refractivity contribution in [2.24, 2.45) is 0 Å². The van der Waals surface area contributed by atoms with Crippen molar-refractivity contribution < 1.29 is 9.47 Å². The van der Waals surface area contributed by atoms with E-state index in [9.17, 15) is 0 Å². The average molecular weight is 360 g/mol. The number of aromatic nitrogens is 1. The molecule has 138 valence electrons. The Morgan fingerprint density at radius 1 is 0.963 bits per heavy atom. The second kappa shape index (κ2) is 7.80. The van der Waals surface area contributed by atoms with Crippen molar-refractivity contribution in [2.45, 2.75) is 19.5 Å². The number of benzene rings is 2. The van der Waals surface area contributed by atoms with E-state index in [1.807, 2.05) is 30.6 Å². The lowest BCUT2D eigenvalue weighted by Gasteiger charge is -2.28. The molecule has 4 nitrogen and oxygen atoms in total. The van der Waals surface area contributed by atoms with Crippen LogP contribution in [0, 0.1) is 0 Å². The summed E-state index contributed by atoms with van der Waals surface area (Å²) in [7, 11) is 3.36. The molecule has 0 bridgehead atoms. The molecule has 0 saturated heterocycles. The Bertz CT molecular complexity index is 939. The Kier molecular flexibility index (Phi) is 5.07. The molecule has 1 aliphatic heterocycles. The van der Waals surface area contributed by atoms with Gasteiger partial charge in [0, 0.05) is 43.2 Å². The Labute approximate surface area is 160 Å². The maximum Gasteiger partial charge on any atom is 0.127 e. The number of rotatable bonds is 5. The summed E-state index contributed by atoms with van der Waals surface area (Å²) >= 11 is 0. The van der Waals surface area contributed by atoms with Crippen LogP contribution < -0.4 is 9.47 Å². The number of methoxy groups -OCH3 is 2. The summed E-state index contributed by atoms with van der Waals surface area (Å²) in [5.74, 6) is 1.63. The van der Waals surface area contributed by atoms with Gasteiger partial charge in [-0.2, -0.15) is 0 Å². The van der Waals surface area contributed by atoms with Gasteiger partial charge in [0.15, 0.2) is 0 Å². The predicted octanol–water partition coefficient (Wildman–Crippen LogP) is 4.32. The molecule has 0 N–H and O–H groups in total. The van der Waals surface area contributed by atoms with E-state index >= 15 is 0 Å². The van der Waals surface area contributed by atoms with Gasteiger partial charge in [-0.1, -0.05) is 24.3 Å². The molecule has 2 aromatic carbocycles. The molecule has 1 aliphatic rings. The number of hydrogen-bond acceptors (Lipinski definition) is 4. The molecule has 27 heavy (non-hydrogen) atoms. The van der Waals surface area contributed by atoms with Gasteiger partial charge in [-0.25, -0.2) is 0 Å². The van der Waals surface area contributed by atoms with E-state index < -0.39 is 0 Å². The molecule has 1 aromatic heterocycles. The van der Waals surface area contributed by atoms with E-state index in [1.54, 1.807) is 14.2 Å². The van der Waals surface area contributed by atoms with Gasteiger partial charge in [-0.3, -0.25) is 9.88 Å². The summed E-state index contributed by atoms with van der Waals surface area (Å²) in [6.07, 6.45) is 4.94.